The number of hydrogen-bond acceptors (Lipinski definition) is 1. The zero-order chi connectivity index (χ0) is 18.5. The average Bonchev–Trinajstić information content (AvgIpc) is 2.68. The van der Waals surface area contributed by atoms with E-state index in [9.17, 15) is 4.39 Å². The Morgan fingerprint density at radius 1 is 0.852 bits per heavy atom. The van der Waals surface area contributed by atoms with Crippen LogP contribution in [0.1, 0.15) is 5.56 Å². The van der Waals surface area contributed by atoms with Crippen LogP contribution in [0.4, 0.5) is 4.39 Å². The van der Waals surface area contributed by atoms with Gasteiger partial charge in [-0.05, 0) is 35.4 Å². The fourth-order valence-electron chi connectivity index (χ4n) is 4.02. The van der Waals surface area contributed by atoms with Gasteiger partial charge in [0.1, 0.15) is 24.1 Å². The molecule has 130 valence electrons. The summed E-state index contributed by atoms with van der Waals surface area (Å²) in [4.78, 5) is 4.98. The van der Waals surface area contributed by atoms with Gasteiger partial charge < -0.3 is 0 Å². The number of hydrogen-bond donors (Lipinski definition) is 0. The summed E-state index contributed by atoms with van der Waals surface area (Å²) < 4.78 is 15.9. The average molecular weight is 353 g/mol. The molecule has 0 aliphatic carbocycles. The summed E-state index contributed by atoms with van der Waals surface area (Å²) in [7, 11) is 2.04. The normalized spacial score (nSPS) is 11.5. The fourth-order valence-corrected chi connectivity index (χ4v) is 4.02. The van der Waals surface area contributed by atoms with Gasteiger partial charge in [-0.3, -0.25) is 0 Å². The van der Waals surface area contributed by atoms with Crippen molar-refractivity contribution >= 4 is 32.6 Å². The van der Waals surface area contributed by atoms with E-state index in [1.807, 2.05) is 25.4 Å². The van der Waals surface area contributed by atoms with E-state index in [2.05, 4.69) is 47.9 Å². The molecule has 5 aromatic rings. The monoisotopic (exact) mass is 353 g/mol. The van der Waals surface area contributed by atoms with Crippen LogP contribution in [0.25, 0.3) is 43.8 Å². The molecule has 5 rings (SSSR count). The van der Waals surface area contributed by atoms with Gasteiger partial charge >= 0.3 is 0 Å². The minimum Gasteiger partial charge on any atom is -0.234 e. The lowest BCUT2D eigenvalue weighted by molar-refractivity contribution is -0.643. The first kappa shape index (κ1) is 15.9. The predicted octanol–water partition coefficient (Wildman–Crippen LogP) is 5.48. The number of aromatic nitrogens is 2. The molecule has 1 heterocycles. The number of benzene rings is 4. The third-order valence-corrected chi connectivity index (χ3v) is 5.23. The van der Waals surface area contributed by atoms with E-state index in [-0.39, 0.29) is 5.82 Å². The third kappa shape index (κ3) is 2.39. The summed E-state index contributed by atoms with van der Waals surface area (Å²) in [6.07, 6.45) is 1.98. The van der Waals surface area contributed by atoms with Gasteiger partial charge in [0, 0.05) is 10.9 Å². The van der Waals surface area contributed by atoms with Crippen molar-refractivity contribution in [3.8, 4) is 11.3 Å². The summed E-state index contributed by atoms with van der Waals surface area (Å²) in [5.74, 6) is -0.253. The number of nitrogens with zero attached hydrogens (tertiary/aromatic N) is 2. The smallest absolute Gasteiger partial charge is 0.234 e. The number of rotatable bonds is 1. The predicted molar refractivity (Wildman–Crippen MR) is 108 cm³/mol. The van der Waals surface area contributed by atoms with Gasteiger partial charge in [-0.1, -0.05) is 54.6 Å². The Morgan fingerprint density at radius 2 is 1.59 bits per heavy atom. The highest BCUT2D eigenvalue weighted by molar-refractivity contribution is 6.23. The molecule has 2 nitrogen and oxygen atoms in total. The van der Waals surface area contributed by atoms with Crippen molar-refractivity contribution in [1.82, 2.24) is 4.98 Å². The molecule has 0 fully saturated rings. The molecule has 0 saturated carbocycles. The second-order valence-electron chi connectivity index (χ2n) is 6.99. The lowest BCUT2D eigenvalue weighted by atomic mass is 9.96. The zero-order valence-corrected chi connectivity index (χ0v) is 15.2. The van der Waals surface area contributed by atoms with E-state index in [0.29, 0.717) is 0 Å². The maximum absolute atomic E-state index is 13.7. The molecule has 0 radical (unpaired) electrons. The van der Waals surface area contributed by atoms with E-state index < -0.39 is 0 Å². The molecule has 0 aliphatic rings. The summed E-state index contributed by atoms with van der Waals surface area (Å²) in [6, 6.07) is 21.4. The highest BCUT2D eigenvalue weighted by Crippen LogP contribution is 2.34. The fraction of sp³-hybridized carbons (Fsp3) is 0.0833. The van der Waals surface area contributed by atoms with Crippen molar-refractivity contribution in [3.63, 3.8) is 0 Å². The Bertz CT molecular complexity index is 1360. The van der Waals surface area contributed by atoms with E-state index >= 15 is 0 Å². The Kier molecular flexibility index (Phi) is 3.44. The molecule has 0 N–H and O–H groups in total. The molecule has 4 aromatic carbocycles. The van der Waals surface area contributed by atoms with E-state index in [1.165, 1.54) is 33.9 Å². The molecule has 0 unspecified atom stereocenters. The molecule has 1 aromatic heterocycles. The number of fused-ring (bicyclic) bond motifs is 6. The molecule has 0 bridgehead atoms. The van der Waals surface area contributed by atoms with Crippen molar-refractivity contribution in [1.29, 1.82) is 0 Å². The van der Waals surface area contributed by atoms with Gasteiger partial charge in [0.25, 0.3) is 0 Å². The quantitative estimate of drug-likeness (QED) is 0.288. The van der Waals surface area contributed by atoms with Crippen LogP contribution in [-0.4, -0.2) is 4.98 Å². The molecular weight excluding hydrogens is 335 g/mol. The Balaban J connectivity index is 2.01. The summed E-state index contributed by atoms with van der Waals surface area (Å²) in [6.45, 7) is 2.14. The molecule has 0 atom stereocenters. The van der Waals surface area contributed by atoms with Crippen LogP contribution in [-0.2, 0) is 7.05 Å². The van der Waals surface area contributed by atoms with Crippen LogP contribution in [0.2, 0.25) is 0 Å². The van der Waals surface area contributed by atoms with Crippen molar-refractivity contribution in [2.75, 3.05) is 0 Å². The molecule has 27 heavy (non-hydrogen) atoms. The molecular formula is C24H18FN2+. The lowest BCUT2D eigenvalue weighted by Gasteiger charge is -2.11. The SMILES string of the molecule is Cc1cccc2c3ccccc3c3nc(-c4cccc(F)c4)c[n+](C)c3c12. The van der Waals surface area contributed by atoms with Crippen LogP contribution in [0.3, 0.4) is 0 Å². The largest absolute Gasteiger partial charge is 0.239 e. The van der Waals surface area contributed by atoms with Crippen LogP contribution in [0, 0.1) is 12.7 Å². The van der Waals surface area contributed by atoms with Gasteiger partial charge in [0.05, 0.1) is 5.39 Å². The maximum Gasteiger partial charge on any atom is 0.239 e. The summed E-state index contributed by atoms with van der Waals surface area (Å²) in [5.41, 5.74) is 4.81. The van der Waals surface area contributed by atoms with Crippen molar-refractivity contribution in [3.05, 3.63) is 84.3 Å². The lowest BCUT2D eigenvalue weighted by Crippen LogP contribution is -2.30. The van der Waals surface area contributed by atoms with E-state index in [4.69, 9.17) is 4.98 Å². The Hall–Kier alpha value is -3.33. The third-order valence-electron chi connectivity index (χ3n) is 5.23. The maximum atomic E-state index is 13.7. The van der Waals surface area contributed by atoms with E-state index in [1.54, 1.807) is 6.07 Å². The second kappa shape index (κ2) is 5.85. The topological polar surface area (TPSA) is 16.8 Å². The van der Waals surface area contributed by atoms with Gasteiger partial charge in [-0.2, -0.15) is 4.57 Å². The first-order chi connectivity index (χ1) is 13.1. The molecule has 0 aliphatic heterocycles. The molecule has 3 heteroatoms. The number of aryl methyl sites for hydroxylation is 2. The van der Waals surface area contributed by atoms with Crippen LogP contribution in [0.15, 0.2) is 72.9 Å². The van der Waals surface area contributed by atoms with E-state index in [0.717, 1.165) is 27.7 Å². The van der Waals surface area contributed by atoms with Crippen molar-refractivity contribution < 1.29 is 8.96 Å². The Labute approximate surface area is 156 Å². The second-order valence-corrected chi connectivity index (χ2v) is 6.99. The standard InChI is InChI=1S/C24H18FN2/c1-15-7-5-12-19-18-10-3-4-11-20(18)23-24(22(15)19)27(2)14-21(26-23)16-8-6-9-17(25)13-16/h3-14H,1-2H3/q+1. The number of halogens is 1. The highest BCUT2D eigenvalue weighted by atomic mass is 19.1. The summed E-state index contributed by atoms with van der Waals surface area (Å²) >= 11 is 0. The van der Waals surface area contributed by atoms with Crippen molar-refractivity contribution in [2.45, 2.75) is 6.92 Å². The molecule has 0 spiro atoms. The minimum atomic E-state index is -0.253. The molecule has 0 saturated heterocycles. The van der Waals surface area contributed by atoms with Gasteiger partial charge in [-0.15, -0.1) is 0 Å². The van der Waals surface area contributed by atoms with Gasteiger partial charge in [-0.25, -0.2) is 9.37 Å². The van der Waals surface area contributed by atoms with Crippen LogP contribution >= 0.6 is 0 Å². The zero-order valence-electron chi connectivity index (χ0n) is 15.2. The van der Waals surface area contributed by atoms with Crippen LogP contribution < -0.4 is 4.57 Å². The highest BCUT2D eigenvalue weighted by Gasteiger charge is 2.20. The first-order valence-electron chi connectivity index (χ1n) is 9.00. The van der Waals surface area contributed by atoms with Gasteiger partial charge in [0.15, 0.2) is 6.20 Å². The first-order valence-corrected chi connectivity index (χ1v) is 9.00. The molecule has 0 amide bonds. The van der Waals surface area contributed by atoms with Gasteiger partial charge in [0.2, 0.25) is 5.52 Å². The van der Waals surface area contributed by atoms with Crippen molar-refractivity contribution in [2.24, 2.45) is 7.05 Å². The Morgan fingerprint density at radius 3 is 2.41 bits per heavy atom. The van der Waals surface area contributed by atoms with Crippen LogP contribution in [0.5, 0.6) is 0 Å². The summed E-state index contributed by atoms with van der Waals surface area (Å²) in [5, 5.41) is 4.74. The minimum absolute atomic E-state index is 0.253.